The molecule has 31 heavy (non-hydrogen) atoms. The molecule has 3 rings (SSSR count). The highest BCUT2D eigenvalue weighted by Gasteiger charge is 2.09. The fourth-order valence-electron chi connectivity index (χ4n) is 2.59. The molecule has 1 aromatic heterocycles. The first kappa shape index (κ1) is 21.5. The van der Waals surface area contributed by atoms with Crippen molar-refractivity contribution in [3.8, 4) is 11.5 Å². The second kappa shape index (κ2) is 11.1. The van der Waals surface area contributed by atoms with Crippen LogP contribution in [-0.2, 0) is 4.79 Å². The fourth-order valence-corrected chi connectivity index (χ4v) is 2.59. The minimum absolute atomic E-state index is 0.162. The first-order valence-corrected chi connectivity index (χ1v) is 9.63. The number of rotatable bonds is 9. The van der Waals surface area contributed by atoms with Gasteiger partial charge in [-0.25, -0.2) is 5.43 Å². The van der Waals surface area contributed by atoms with E-state index in [2.05, 4.69) is 20.8 Å². The molecule has 2 aromatic carbocycles. The molecule has 0 radical (unpaired) electrons. The number of carbonyl (C=O) groups excluding carboxylic acids is 2. The number of anilines is 1. The fraction of sp³-hybridized carbons (Fsp3) is 0.130. The number of hydrogen-bond donors (Lipinski definition) is 2. The van der Waals surface area contributed by atoms with Gasteiger partial charge in [0.25, 0.3) is 11.8 Å². The number of aromatic nitrogens is 1. The second-order valence-corrected chi connectivity index (χ2v) is 6.28. The smallest absolute Gasteiger partial charge is 0.271 e. The molecule has 2 amide bonds. The van der Waals surface area contributed by atoms with Crippen LogP contribution in [-0.4, -0.2) is 36.2 Å². The molecule has 0 saturated heterocycles. The summed E-state index contributed by atoms with van der Waals surface area (Å²) < 4.78 is 11.2. The topological polar surface area (TPSA) is 102 Å². The molecule has 3 aromatic rings. The molecule has 0 aliphatic rings. The summed E-state index contributed by atoms with van der Waals surface area (Å²) in [6.07, 6.45) is 4.56. The van der Waals surface area contributed by atoms with Crippen LogP contribution in [0.1, 0.15) is 22.8 Å². The zero-order valence-corrected chi connectivity index (χ0v) is 16.9. The van der Waals surface area contributed by atoms with Gasteiger partial charge in [-0.15, -0.1) is 0 Å². The monoisotopic (exact) mass is 418 g/mol. The molecule has 0 aliphatic carbocycles. The van der Waals surface area contributed by atoms with E-state index >= 15 is 0 Å². The van der Waals surface area contributed by atoms with Gasteiger partial charge in [-0.2, -0.15) is 5.10 Å². The van der Waals surface area contributed by atoms with E-state index in [0.717, 1.165) is 0 Å². The minimum atomic E-state index is -0.340. The zero-order chi connectivity index (χ0) is 21.9. The van der Waals surface area contributed by atoms with Crippen molar-refractivity contribution in [2.45, 2.75) is 6.92 Å². The van der Waals surface area contributed by atoms with E-state index in [1.54, 1.807) is 42.5 Å². The maximum Gasteiger partial charge on any atom is 0.271 e. The molecule has 0 atom stereocenters. The molecule has 2 N–H and O–H groups in total. The van der Waals surface area contributed by atoms with Crippen LogP contribution >= 0.6 is 0 Å². The van der Waals surface area contributed by atoms with Crippen LogP contribution < -0.4 is 20.2 Å². The van der Waals surface area contributed by atoms with E-state index in [0.29, 0.717) is 34.9 Å². The van der Waals surface area contributed by atoms with E-state index < -0.39 is 0 Å². The molecule has 1 heterocycles. The van der Waals surface area contributed by atoms with Crippen molar-refractivity contribution in [2.24, 2.45) is 5.10 Å². The van der Waals surface area contributed by atoms with Gasteiger partial charge in [-0.3, -0.25) is 14.6 Å². The predicted molar refractivity (Wildman–Crippen MR) is 117 cm³/mol. The predicted octanol–water partition coefficient (Wildman–Crippen LogP) is 3.26. The average molecular weight is 418 g/mol. The lowest BCUT2D eigenvalue weighted by atomic mass is 10.2. The van der Waals surface area contributed by atoms with Crippen molar-refractivity contribution in [3.05, 3.63) is 84.2 Å². The van der Waals surface area contributed by atoms with Crippen molar-refractivity contribution >= 4 is 23.7 Å². The molecule has 0 saturated carbocycles. The number of para-hydroxylation sites is 1. The van der Waals surface area contributed by atoms with Crippen molar-refractivity contribution < 1.29 is 19.1 Å². The second-order valence-electron chi connectivity index (χ2n) is 6.28. The van der Waals surface area contributed by atoms with Crippen molar-refractivity contribution in [2.75, 3.05) is 18.5 Å². The Morgan fingerprint density at radius 1 is 1.00 bits per heavy atom. The number of nitrogens with one attached hydrogen (secondary N) is 2. The molecule has 0 unspecified atom stereocenters. The van der Waals surface area contributed by atoms with Crippen LogP contribution in [0.4, 0.5) is 5.69 Å². The standard InChI is InChI=1S/C23H22N4O4/c1-2-30-21-14-17(15-25-27-23(29)18-10-12-24-13-11-18)8-9-20(21)31-16-22(28)26-19-6-4-3-5-7-19/h3-15H,2,16H2,1H3,(H,26,28)(H,27,29)/b25-15-. The van der Waals surface area contributed by atoms with Gasteiger partial charge in [-0.1, -0.05) is 18.2 Å². The van der Waals surface area contributed by atoms with Crippen molar-refractivity contribution in [1.82, 2.24) is 10.4 Å². The number of hydrazone groups is 1. The summed E-state index contributed by atoms with van der Waals surface area (Å²) >= 11 is 0. The number of ether oxygens (including phenoxy) is 2. The summed E-state index contributed by atoms with van der Waals surface area (Å²) in [6, 6.07) is 17.5. The van der Waals surface area contributed by atoms with E-state index in [-0.39, 0.29) is 18.4 Å². The maximum atomic E-state index is 12.1. The van der Waals surface area contributed by atoms with Gasteiger partial charge in [0.1, 0.15) is 0 Å². The van der Waals surface area contributed by atoms with Crippen molar-refractivity contribution in [1.29, 1.82) is 0 Å². The van der Waals surface area contributed by atoms with Gasteiger partial charge in [0.05, 0.1) is 12.8 Å². The van der Waals surface area contributed by atoms with Crippen LogP contribution in [0.5, 0.6) is 11.5 Å². The highest BCUT2D eigenvalue weighted by molar-refractivity contribution is 5.94. The number of pyridine rings is 1. The molecule has 158 valence electrons. The lowest BCUT2D eigenvalue weighted by Gasteiger charge is -2.12. The number of amides is 2. The largest absolute Gasteiger partial charge is 0.490 e. The van der Waals surface area contributed by atoms with E-state index in [4.69, 9.17) is 9.47 Å². The molecule has 0 aliphatic heterocycles. The Morgan fingerprint density at radius 2 is 1.77 bits per heavy atom. The highest BCUT2D eigenvalue weighted by atomic mass is 16.5. The minimum Gasteiger partial charge on any atom is -0.490 e. The normalized spacial score (nSPS) is 10.5. The van der Waals surface area contributed by atoms with E-state index in [1.807, 2.05) is 25.1 Å². The van der Waals surface area contributed by atoms with Crippen LogP contribution in [0.2, 0.25) is 0 Å². The average Bonchev–Trinajstić information content (AvgIpc) is 2.80. The Bertz CT molecular complexity index is 1040. The molecule has 0 bridgehead atoms. The number of nitrogens with zero attached hydrogens (tertiary/aromatic N) is 2. The van der Waals surface area contributed by atoms with Crippen LogP contribution in [0.25, 0.3) is 0 Å². The van der Waals surface area contributed by atoms with E-state index in [9.17, 15) is 9.59 Å². The Morgan fingerprint density at radius 3 is 2.52 bits per heavy atom. The summed E-state index contributed by atoms with van der Waals surface area (Å²) in [4.78, 5) is 28.0. The third kappa shape index (κ3) is 6.67. The Labute approximate surface area is 179 Å². The first-order chi connectivity index (χ1) is 15.2. The summed E-state index contributed by atoms with van der Waals surface area (Å²) in [6.45, 7) is 2.11. The zero-order valence-electron chi connectivity index (χ0n) is 16.9. The van der Waals surface area contributed by atoms with E-state index in [1.165, 1.54) is 18.6 Å². The third-order valence-corrected chi connectivity index (χ3v) is 4.01. The molecule has 0 spiro atoms. The van der Waals surface area contributed by atoms with Crippen LogP contribution in [0.3, 0.4) is 0 Å². The van der Waals surface area contributed by atoms with Crippen LogP contribution in [0.15, 0.2) is 78.2 Å². The summed E-state index contributed by atoms with van der Waals surface area (Å²) in [5.74, 6) is 0.286. The molecule has 8 nitrogen and oxygen atoms in total. The SMILES string of the molecule is CCOc1cc(/C=N\NC(=O)c2ccncc2)ccc1OCC(=O)Nc1ccccc1. The summed E-state index contributed by atoms with van der Waals surface area (Å²) in [5, 5.41) is 6.72. The number of carbonyl (C=O) groups is 2. The molecule has 8 heteroatoms. The van der Waals surface area contributed by atoms with Gasteiger partial charge >= 0.3 is 0 Å². The van der Waals surface area contributed by atoms with Crippen LogP contribution in [0, 0.1) is 0 Å². The van der Waals surface area contributed by atoms with Gasteiger partial charge in [0, 0.05) is 23.6 Å². The lowest BCUT2D eigenvalue weighted by molar-refractivity contribution is -0.118. The Balaban J connectivity index is 1.59. The maximum absolute atomic E-state index is 12.1. The first-order valence-electron chi connectivity index (χ1n) is 9.63. The van der Waals surface area contributed by atoms with Gasteiger partial charge in [0.15, 0.2) is 18.1 Å². The Kier molecular flexibility index (Phi) is 7.70. The lowest BCUT2D eigenvalue weighted by Crippen LogP contribution is -2.20. The molecular formula is C23H22N4O4. The summed E-state index contributed by atoms with van der Waals surface area (Å²) in [7, 11) is 0. The molecular weight excluding hydrogens is 396 g/mol. The quantitative estimate of drug-likeness (QED) is 0.410. The molecule has 0 fully saturated rings. The Hall–Kier alpha value is -4.20. The highest BCUT2D eigenvalue weighted by Crippen LogP contribution is 2.28. The summed E-state index contributed by atoms with van der Waals surface area (Å²) in [5.41, 5.74) is 4.30. The van der Waals surface area contributed by atoms with Gasteiger partial charge < -0.3 is 14.8 Å². The van der Waals surface area contributed by atoms with Crippen molar-refractivity contribution in [3.63, 3.8) is 0 Å². The third-order valence-electron chi connectivity index (χ3n) is 4.01. The number of hydrogen-bond acceptors (Lipinski definition) is 6. The van der Waals surface area contributed by atoms with Gasteiger partial charge in [0.2, 0.25) is 0 Å². The number of benzene rings is 2. The van der Waals surface area contributed by atoms with Gasteiger partial charge in [-0.05, 0) is 55.0 Å².